The largest absolute Gasteiger partial charge is 0.302 e. The fraction of sp³-hybridized carbons (Fsp3) is 0.500. The van der Waals surface area contributed by atoms with Gasteiger partial charge in [0.2, 0.25) is 0 Å². The Morgan fingerprint density at radius 2 is 2.17 bits per heavy atom. The molecule has 0 radical (unpaired) electrons. The maximum absolute atomic E-state index is 9.25. The van der Waals surface area contributed by atoms with Gasteiger partial charge in [0.25, 0.3) is 0 Å². The number of carbonyl (C=O) groups is 1. The van der Waals surface area contributed by atoms with Crippen molar-refractivity contribution in [1.82, 2.24) is 5.23 Å². The van der Waals surface area contributed by atoms with Crippen molar-refractivity contribution < 1.29 is 15.2 Å². The summed E-state index contributed by atoms with van der Waals surface area (Å²) in [6.45, 7) is -0.361. The SMILES string of the molecule is O=CCN(O)O. The lowest BCUT2D eigenvalue weighted by Gasteiger charge is -1.94. The minimum Gasteiger partial charge on any atom is -0.302 e. The number of nitrogens with zero attached hydrogens (tertiary/aromatic N) is 1. The molecule has 0 aromatic rings. The van der Waals surface area contributed by atoms with Crippen LogP contribution in [0.25, 0.3) is 0 Å². The van der Waals surface area contributed by atoms with Crippen LogP contribution in [0.3, 0.4) is 0 Å². The molecule has 0 bridgehead atoms. The van der Waals surface area contributed by atoms with Gasteiger partial charge in [-0.2, -0.15) is 0 Å². The van der Waals surface area contributed by atoms with Crippen molar-refractivity contribution in [2.24, 2.45) is 0 Å². The number of hydroxylamine groups is 2. The van der Waals surface area contributed by atoms with Gasteiger partial charge in [0, 0.05) is 0 Å². The highest BCUT2D eigenvalue weighted by Crippen LogP contribution is 1.60. The molecule has 0 aromatic carbocycles. The first kappa shape index (κ1) is 5.55. The molecule has 6 heavy (non-hydrogen) atoms. The number of hydrogen-bond donors (Lipinski definition) is 2. The molecule has 0 aliphatic carbocycles. The van der Waals surface area contributed by atoms with Crippen LogP contribution in [0.1, 0.15) is 0 Å². The molecule has 0 saturated heterocycles. The quantitative estimate of drug-likeness (QED) is 0.347. The van der Waals surface area contributed by atoms with Gasteiger partial charge >= 0.3 is 0 Å². The average molecular weight is 91.1 g/mol. The minimum atomic E-state index is -0.361. The maximum atomic E-state index is 9.25. The second kappa shape index (κ2) is 2.77. The lowest BCUT2D eigenvalue weighted by molar-refractivity contribution is -0.299. The zero-order valence-electron chi connectivity index (χ0n) is 3.03. The molecule has 2 N–H and O–H groups in total. The van der Waals surface area contributed by atoms with E-state index in [1.165, 1.54) is 0 Å². The fourth-order valence-electron chi connectivity index (χ4n) is 0.0667. The van der Waals surface area contributed by atoms with Crippen LogP contribution >= 0.6 is 0 Å². The van der Waals surface area contributed by atoms with Crippen molar-refractivity contribution in [2.45, 2.75) is 0 Å². The number of aldehydes is 1. The lowest BCUT2D eigenvalue weighted by atomic mass is 10.8. The van der Waals surface area contributed by atoms with E-state index in [4.69, 9.17) is 10.4 Å². The van der Waals surface area contributed by atoms with Crippen molar-refractivity contribution in [3.63, 3.8) is 0 Å². The smallest absolute Gasteiger partial charge is 0.138 e. The van der Waals surface area contributed by atoms with Crippen LogP contribution in [-0.2, 0) is 4.79 Å². The standard InChI is InChI=1S/C2H5NO3/c4-2-1-3(5)6/h2,5-6H,1H2. The number of carbonyl (C=O) groups excluding carboxylic acids is 1. The molecule has 0 atom stereocenters. The molecular weight excluding hydrogens is 86.0 g/mol. The maximum Gasteiger partial charge on any atom is 0.138 e. The van der Waals surface area contributed by atoms with Gasteiger partial charge in [0.1, 0.15) is 12.8 Å². The first-order valence-electron chi connectivity index (χ1n) is 1.36. The van der Waals surface area contributed by atoms with Crippen LogP contribution in [0.4, 0.5) is 0 Å². The molecule has 0 aliphatic rings. The molecule has 0 rings (SSSR count). The summed E-state index contributed by atoms with van der Waals surface area (Å²) in [6.07, 6.45) is 0.375. The summed E-state index contributed by atoms with van der Waals surface area (Å²) in [6, 6.07) is 0. The lowest BCUT2D eigenvalue weighted by Crippen LogP contribution is -2.15. The molecule has 0 unspecified atom stereocenters. The van der Waals surface area contributed by atoms with Gasteiger partial charge in [0.05, 0.1) is 0 Å². The Kier molecular flexibility index (Phi) is 2.56. The van der Waals surface area contributed by atoms with Crippen LogP contribution in [0.5, 0.6) is 0 Å². The van der Waals surface area contributed by atoms with Crippen LogP contribution in [-0.4, -0.2) is 28.5 Å². The molecule has 0 fully saturated rings. The monoisotopic (exact) mass is 91.0 g/mol. The Balaban J connectivity index is 2.81. The van der Waals surface area contributed by atoms with Gasteiger partial charge in [-0.1, -0.05) is 5.23 Å². The topological polar surface area (TPSA) is 60.8 Å². The van der Waals surface area contributed by atoms with Crippen molar-refractivity contribution >= 4 is 6.29 Å². The van der Waals surface area contributed by atoms with E-state index in [0.717, 1.165) is 0 Å². The highest BCUT2D eigenvalue weighted by molar-refractivity contribution is 5.51. The zero-order chi connectivity index (χ0) is 4.99. The Bertz CT molecular complexity index is 44.1. The van der Waals surface area contributed by atoms with E-state index >= 15 is 0 Å². The Morgan fingerprint density at radius 3 is 2.17 bits per heavy atom. The summed E-state index contributed by atoms with van der Waals surface area (Å²) in [5.74, 6) is 0. The highest BCUT2D eigenvalue weighted by Gasteiger charge is 1.84. The molecular formula is C2H5NO3. The molecule has 36 valence electrons. The van der Waals surface area contributed by atoms with E-state index in [9.17, 15) is 4.79 Å². The molecule has 0 aromatic heterocycles. The van der Waals surface area contributed by atoms with Crippen molar-refractivity contribution in [3.05, 3.63) is 0 Å². The van der Waals surface area contributed by atoms with Crippen LogP contribution in [0.2, 0.25) is 0 Å². The molecule has 0 spiro atoms. The van der Waals surface area contributed by atoms with Crippen molar-refractivity contribution in [2.75, 3.05) is 6.54 Å². The van der Waals surface area contributed by atoms with E-state index in [0.29, 0.717) is 6.29 Å². The molecule has 0 saturated carbocycles. The highest BCUT2D eigenvalue weighted by atomic mass is 16.8. The predicted molar refractivity (Wildman–Crippen MR) is 16.3 cm³/mol. The number of rotatable bonds is 2. The minimum absolute atomic E-state index is 0.188. The molecule has 4 heteroatoms. The molecule has 0 amide bonds. The predicted octanol–water partition coefficient (Wildman–Crippen LogP) is -0.734. The van der Waals surface area contributed by atoms with Crippen LogP contribution < -0.4 is 0 Å². The van der Waals surface area contributed by atoms with E-state index in [-0.39, 0.29) is 11.8 Å². The second-order valence-corrected chi connectivity index (χ2v) is 0.722. The summed E-state index contributed by atoms with van der Waals surface area (Å²) < 4.78 is 0. The number of hydrogen-bond acceptors (Lipinski definition) is 4. The Morgan fingerprint density at radius 1 is 1.67 bits per heavy atom. The van der Waals surface area contributed by atoms with E-state index in [1.54, 1.807) is 0 Å². The fourth-order valence-corrected chi connectivity index (χ4v) is 0.0667. The van der Waals surface area contributed by atoms with Gasteiger partial charge in [-0.15, -0.1) is 0 Å². The van der Waals surface area contributed by atoms with Gasteiger partial charge in [-0.25, -0.2) is 0 Å². The molecule has 4 nitrogen and oxygen atoms in total. The van der Waals surface area contributed by atoms with Crippen molar-refractivity contribution in [1.29, 1.82) is 0 Å². The van der Waals surface area contributed by atoms with Gasteiger partial charge in [0.15, 0.2) is 0 Å². The molecule has 0 aliphatic heterocycles. The van der Waals surface area contributed by atoms with E-state index in [2.05, 4.69) is 0 Å². The Hall–Kier alpha value is -0.450. The first-order chi connectivity index (χ1) is 2.77. The average Bonchev–Trinajstić information content (AvgIpc) is 1.35. The van der Waals surface area contributed by atoms with Crippen molar-refractivity contribution in [3.8, 4) is 0 Å². The summed E-state index contributed by atoms with van der Waals surface area (Å²) >= 11 is 0. The zero-order valence-corrected chi connectivity index (χ0v) is 3.03. The Labute approximate surface area is 34.5 Å². The van der Waals surface area contributed by atoms with E-state index in [1.807, 2.05) is 0 Å². The summed E-state index contributed by atoms with van der Waals surface area (Å²) in [4.78, 5) is 9.25. The van der Waals surface area contributed by atoms with Crippen LogP contribution in [0.15, 0.2) is 0 Å². The summed E-state index contributed by atoms with van der Waals surface area (Å²) in [5.41, 5.74) is 0. The van der Waals surface area contributed by atoms with Crippen LogP contribution in [0, 0.1) is 0 Å². The summed E-state index contributed by atoms with van der Waals surface area (Å²) in [7, 11) is 0. The normalized spacial score (nSPS) is 9.17. The molecule has 0 heterocycles. The van der Waals surface area contributed by atoms with Gasteiger partial charge in [-0.3, -0.25) is 10.4 Å². The summed E-state index contributed by atoms with van der Waals surface area (Å²) in [5, 5.41) is 15.2. The third-order valence-electron chi connectivity index (χ3n) is 0.238. The van der Waals surface area contributed by atoms with Gasteiger partial charge < -0.3 is 4.79 Å². The van der Waals surface area contributed by atoms with E-state index < -0.39 is 0 Å². The van der Waals surface area contributed by atoms with Gasteiger partial charge in [-0.05, 0) is 0 Å². The third kappa shape index (κ3) is 3.55. The first-order valence-corrected chi connectivity index (χ1v) is 1.36. The third-order valence-corrected chi connectivity index (χ3v) is 0.238. The second-order valence-electron chi connectivity index (χ2n) is 0.722.